The molecular formula is C30H31N3O4S. The third-order valence-electron chi connectivity index (χ3n) is 6.34. The SMILES string of the molecule is CC(C)(C)OC(=O)C1C(C(=O)Cc2c[nH]c3ccc(OCc4ccccc4)cc23)CSN1c1cccnc1. The van der Waals surface area contributed by atoms with Gasteiger partial charge in [-0.2, -0.15) is 0 Å². The predicted molar refractivity (Wildman–Crippen MR) is 150 cm³/mol. The number of aromatic nitrogens is 2. The van der Waals surface area contributed by atoms with Crippen LogP contribution in [0.4, 0.5) is 5.69 Å². The number of anilines is 1. The molecule has 1 N–H and O–H groups in total. The van der Waals surface area contributed by atoms with Crippen LogP contribution < -0.4 is 9.04 Å². The Hall–Kier alpha value is -3.78. The number of hydrogen-bond acceptors (Lipinski definition) is 7. The monoisotopic (exact) mass is 529 g/mol. The summed E-state index contributed by atoms with van der Waals surface area (Å²) < 4.78 is 13.6. The molecule has 2 atom stereocenters. The third kappa shape index (κ3) is 5.86. The number of esters is 1. The van der Waals surface area contributed by atoms with E-state index in [0.717, 1.165) is 33.5 Å². The molecule has 38 heavy (non-hydrogen) atoms. The first-order chi connectivity index (χ1) is 18.3. The van der Waals surface area contributed by atoms with Crippen molar-refractivity contribution in [2.24, 2.45) is 5.92 Å². The molecule has 0 amide bonds. The first kappa shape index (κ1) is 25.9. The van der Waals surface area contributed by atoms with E-state index in [4.69, 9.17) is 9.47 Å². The van der Waals surface area contributed by atoms with Crippen LogP contribution in [0.1, 0.15) is 31.9 Å². The molecule has 196 valence electrons. The summed E-state index contributed by atoms with van der Waals surface area (Å²) in [6, 6.07) is 18.8. The topological polar surface area (TPSA) is 84.5 Å². The van der Waals surface area contributed by atoms with Crippen LogP contribution in [0.3, 0.4) is 0 Å². The Bertz CT molecular complexity index is 1420. The van der Waals surface area contributed by atoms with E-state index in [-0.39, 0.29) is 12.2 Å². The summed E-state index contributed by atoms with van der Waals surface area (Å²) >= 11 is 1.46. The predicted octanol–water partition coefficient (Wildman–Crippen LogP) is 5.75. The molecule has 3 heterocycles. The summed E-state index contributed by atoms with van der Waals surface area (Å²) in [4.78, 5) is 34.5. The van der Waals surface area contributed by atoms with Crippen LogP contribution in [0.2, 0.25) is 0 Å². The normalized spacial score (nSPS) is 17.5. The summed E-state index contributed by atoms with van der Waals surface area (Å²) in [5.74, 6) is 0.306. The quantitative estimate of drug-likeness (QED) is 0.230. The molecule has 2 unspecified atom stereocenters. The summed E-state index contributed by atoms with van der Waals surface area (Å²) in [6.07, 6.45) is 5.46. The van der Waals surface area contributed by atoms with E-state index in [2.05, 4.69) is 9.97 Å². The summed E-state index contributed by atoms with van der Waals surface area (Å²) in [5, 5.41) is 0.937. The fourth-order valence-corrected chi connectivity index (χ4v) is 5.90. The van der Waals surface area contributed by atoms with Gasteiger partial charge in [0.2, 0.25) is 0 Å². The van der Waals surface area contributed by atoms with Gasteiger partial charge in [-0.05, 0) is 74.2 Å². The first-order valence-corrected chi connectivity index (χ1v) is 13.6. The molecular weight excluding hydrogens is 498 g/mol. The Balaban J connectivity index is 1.36. The van der Waals surface area contributed by atoms with E-state index < -0.39 is 23.5 Å². The Morgan fingerprint density at radius 2 is 1.92 bits per heavy atom. The molecule has 1 aliphatic heterocycles. The molecule has 0 saturated carbocycles. The number of nitrogens with zero attached hydrogens (tertiary/aromatic N) is 2. The minimum atomic E-state index is -0.731. The summed E-state index contributed by atoms with van der Waals surface area (Å²) in [5.41, 5.74) is 3.01. The van der Waals surface area contributed by atoms with Gasteiger partial charge in [-0.15, -0.1) is 0 Å². The Kier molecular flexibility index (Phi) is 7.42. The second-order valence-corrected chi connectivity index (χ2v) is 11.3. The fourth-order valence-electron chi connectivity index (χ4n) is 4.56. The number of rotatable bonds is 8. The van der Waals surface area contributed by atoms with Gasteiger partial charge in [0, 0.05) is 35.5 Å². The number of ketones is 1. The van der Waals surface area contributed by atoms with Gasteiger partial charge in [0.05, 0.1) is 17.8 Å². The number of hydrogen-bond donors (Lipinski definition) is 1. The highest BCUT2D eigenvalue weighted by molar-refractivity contribution is 8.01. The highest BCUT2D eigenvalue weighted by atomic mass is 32.2. The lowest BCUT2D eigenvalue weighted by Crippen LogP contribution is -2.45. The zero-order valence-electron chi connectivity index (χ0n) is 21.7. The molecule has 8 heteroatoms. The molecule has 2 aromatic heterocycles. The van der Waals surface area contributed by atoms with E-state index >= 15 is 0 Å². The second kappa shape index (κ2) is 10.9. The van der Waals surface area contributed by atoms with Crippen LogP contribution >= 0.6 is 11.9 Å². The molecule has 0 aliphatic carbocycles. The number of fused-ring (bicyclic) bond motifs is 1. The lowest BCUT2D eigenvalue weighted by Gasteiger charge is -2.29. The number of benzene rings is 2. The first-order valence-electron chi connectivity index (χ1n) is 12.6. The van der Waals surface area contributed by atoms with Crippen molar-refractivity contribution in [2.75, 3.05) is 10.1 Å². The van der Waals surface area contributed by atoms with Gasteiger partial charge in [0.1, 0.15) is 29.8 Å². The number of ether oxygens (including phenoxy) is 2. The number of aromatic amines is 1. The zero-order valence-corrected chi connectivity index (χ0v) is 22.5. The Morgan fingerprint density at radius 3 is 2.66 bits per heavy atom. The lowest BCUT2D eigenvalue weighted by molar-refractivity contribution is -0.158. The van der Waals surface area contributed by atoms with Crippen molar-refractivity contribution in [3.63, 3.8) is 0 Å². The van der Waals surface area contributed by atoms with Gasteiger partial charge in [0.15, 0.2) is 0 Å². The number of nitrogens with one attached hydrogen (secondary N) is 1. The fraction of sp³-hybridized carbons (Fsp3) is 0.300. The van der Waals surface area contributed by atoms with E-state index in [0.29, 0.717) is 12.4 Å². The minimum absolute atomic E-state index is 0.00347. The van der Waals surface area contributed by atoms with Crippen LogP contribution in [0.25, 0.3) is 10.9 Å². The van der Waals surface area contributed by atoms with Gasteiger partial charge in [0.25, 0.3) is 0 Å². The van der Waals surface area contributed by atoms with Gasteiger partial charge in [-0.3, -0.25) is 14.1 Å². The van der Waals surface area contributed by atoms with Crippen molar-refractivity contribution in [2.45, 2.75) is 45.4 Å². The standard InChI is InChI=1S/C30H31N3O4S/c1-30(2,3)37-29(35)28-25(19-38-33(28)22-10-7-13-31-17-22)27(34)14-21-16-32-26-12-11-23(15-24(21)26)36-18-20-8-5-4-6-9-20/h4-13,15-17,25,28,32H,14,18-19H2,1-3H3. The summed E-state index contributed by atoms with van der Waals surface area (Å²) in [7, 11) is 0. The number of carbonyl (C=O) groups is 2. The minimum Gasteiger partial charge on any atom is -0.489 e. The summed E-state index contributed by atoms with van der Waals surface area (Å²) in [6.45, 7) is 5.97. The van der Waals surface area contributed by atoms with Crippen molar-refractivity contribution in [1.29, 1.82) is 0 Å². The smallest absolute Gasteiger partial charge is 0.331 e. The molecule has 1 aliphatic rings. The van der Waals surface area contributed by atoms with Crippen LogP contribution in [0.5, 0.6) is 5.75 Å². The van der Waals surface area contributed by atoms with E-state index in [1.54, 1.807) is 12.4 Å². The molecule has 0 radical (unpaired) electrons. The lowest BCUT2D eigenvalue weighted by atomic mass is 9.92. The maximum absolute atomic E-state index is 13.7. The van der Waals surface area contributed by atoms with Crippen LogP contribution in [0.15, 0.2) is 79.3 Å². The molecule has 0 bridgehead atoms. The maximum atomic E-state index is 13.7. The molecule has 7 nitrogen and oxygen atoms in total. The van der Waals surface area contributed by atoms with Gasteiger partial charge in [-0.1, -0.05) is 30.3 Å². The number of H-pyrrole nitrogens is 1. The van der Waals surface area contributed by atoms with Crippen molar-refractivity contribution in [3.8, 4) is 5.75 Å². The molecule has 1 fully saturated rings. The molecule has 2 aromatic carbocycles. The van der Waals surface area contributed by atoms with E-state index in [9.17, 15) is 9.59 Å². The zero-order chi connectivity index (χ0) is 26.7. The van der Waals surface area contributed by atoms with Crippen LogP contribution in [-0.2, 0) is 27.4 Å². The van der Waals surface area contributed by atoms with Crippen LogP contribution in [-0.4, -0.2) is 39.1 Å². The highest BCUT2D eigenvalue weighted by Gasteiger charge is 2.46. The van der Waals surface area contributed by atoms with Crippen molar-refractivity contribution in [1.82, 2.24) is 9.97 Å². The molecule has 5 rings (SSSR count). The second-order valence-electron chi connectivity index (χ2n) is 10.4. The average molecular weight is 530 g/mol. The van der Waals surface area contributed by atoms with Crippen molar-refractivity contribution < 1.29 is 19.1 Å². The van der Waals surface area contributed by atoms with E-state index in [1.807, 2.05) is 91.9 Å². The number of Topliss-reactive ketones (excluding diaryl/α,β-unsaturated/α-hetero) is 1. The highest BCUT2D eigenvalue weighted by Crippen LogP contribution is 2.39. The van der Waals surface area contributed by atoms with Gasteiger partial charge < -0.3 is 14.5 Å². The van der Waals surface area contributed by atoms with Crippen molar-refractivity contribution in [3.05, 3.63) is 90.4 Å². The number of pyridine rings is 1. The molecule has 1 saturated heterocycles. The molecule has 0 spiro atoms. The third-order valence-corrected chi connectivity index (χ3v) is 7.57. The van der Waals surface area contributed by atoms with Crippen molar-refractivity contribution >= 4 is 40.3 Å². The van der Waals surface area contributed by atoms with Gasteiger partial charge >= 0.3 is 5.97 Å². The average Bonchev–Trinajstić information content (AvgIpc) is 3.52. The Morgan fingerprint density at radius 1 is 1.11 bits per heavy atom. The van der Waals surface area contributed by atoms with Gasteiger partial charge in [-0.25, -0.2) is 4.79 Å². The van der Waals surface area contributed by atoms with Crippen LogP contribution in [0, 0.1) is 5.92 Å². The van der Waals surface area contributed by atoms with E-state index in [1.165, 1.54) is 11.9 Å². The Labute approximate surface area is 226 Å². The number of carbonyl (C=O) groups excluding carboxylic acids is 2. The largest absolute Gasteiger partial charge is 0.489 e. The maximum Gasteiger partial charge on any atom is 0.331 e. The molecule has 4 aromatic rings.